The number of esters is 2. The van der Waals surface area contributed by atoms with E-state index in [9.17, 15) is 9.59 Å². The fourth-order valence-electron chi connectivity index (χ4n) is 5.62. The molecule has 0 bridgehead atoms. The Morgan fingerprint density at radius 2 is 0.651 bits per heavy atom. The number of ether oxygens (including phenoxy) is 2. The van der Waals surface area contributed by atoms with Gasteiger partial charge in [0.1, 0.15) is 10.5 Å². The molecule has 0 radical (unpaired) electrons. The smallest absolute Gasteiger partial charge is 0.319 e. The molecule has 0 aliphatic heterocycles. The van der Waals surface area contributed by atoms with Crippen LogP contribution in [0.25, 0.3) is 0 Å². The molecule has 43 heavy (non-hydrogen) atoms. The van der Waals surface area contributed by atoms with Crippen LogP contribution in [0, 0.1) is 0 Å². The molecule has 4 nitrogen and oxygen atoms in total. The van der Waals surface area contributed by atoms with Crippen molar-refractivity contribution in [2.75, 3.05) is 13.2 Å². The van der Waals surface area contributed by atoms with Crippen LogP contribution in [0.4, 0.5) is 0 Å². The number of hydrogen-bond donors (Lipinski definition) is 0. The van der Waals surface area contributed by atoms with E-state index in [1.54, 1.807) is 0 Å². The zero-order valence-corrected chi connectivity index (χ0v) is 30.2. The molecule has 2 unspecified atom stereocenters. The van der Waals surface area contributed by atoms with E-state index in [0.717, 1.165) is 51.4 Å². The normalized spacial score (nSPS) is 12.7. The molecule has 0 spiro atoms. The van der Waals surface area contributed by atoms with Crippen molar-refractivity contribution in [1.29, 1.82) is 0 Å². The maximum Gasteiger partial charge on any atom is 0.319 e. The molecule has 5 heteroatoms. The largest absolute Gasteiger partial charge is 0.465 e. The summed E-state index contributed by atoms with van der Waals surface area (Å²) in [6.45, 7) is 9.72. The van der Waals surface area contributed by atoms with Gasteiger partial charge in [-0.3, -0.25) is 9.59 Å². The highest BCUT2D eigenvalue weighted by atomic mass is 32.2. The SMILES string of the molecule is CCCCCCCCCCCCCCOC(=O)C(CCC)SC(CCC)C(=O)OCCCCCCCCCCCCCC. The molecule has 0 aliphatic carbocycles. The van der Waals surface area contributed by atoms with Gasteiger partial charge in [-0.1, -0.05) is 182 Å². The summed E-state index contributed by atoms with van der Waals surface area (Å²) in [6.07, 6.45) is 34.4. The molecule has 0 heterocycles. The van der Waals surface area contributed by atoms with E-state index in [0.29, 0.717) is 13.2 Å². The topological polar surface area (TPSA) is 52.6 Å². The third-order valence-electron chi connectivity index (χ3n) is 8.44. The van der Waals surface area contributed by atoms with Crippen LogP contribution >= 0.6 is 11.8 Å². The summed E-state index contributed by atoms with van der Waals surface area (Å²) in [5, 5.41) is -0.559. The lowest BCUT2D eigenvalue weighted by Crippen LogP contribution is -2.28. The zero-order valence-electron chi connectivity index (χ0n) is 29.4. The van der Waals surface area contributed by atoms with E-state index >= 15 is 0 Å². The van der Waals surface area contributed by atoms with Crippen molar-refractivity contribution in [3.63, 3.8) is 0 Å². The molecule has 0 aromatic carbocycles. The van der Waals surface area contributed by atoms with Gasteiger partial charge in [-0.2, -0.15) is 0 Å². The van der Waals surface area contributed by atoms with Gasteiger partial charge in [-0.15, -0.1) is 11.8 Å². The zero-order chi connectivity index (χ0) is 31.6. The number of hydrogen-bond acceptors (Lipinski definition) is 5. The Labute approximate surface area is 273 Å². The van der Waals surface area contributed by atoms with E-state index in [1.807, 2.05) is 0 Å². The van der Waals surface area contributed by atoms with Gasteiger partial charge in [0.2, 0.25) is 0 Å². The second kappa shape index (κ2) is 34.2. The van der Waals surface area contributed by atoms with Gasteiger partial charge in [0.25, 0.3) is 0 Å². The first-order chi connectivity index (χ1) is 21.1. The van der Waals surface area contributed by atoms with Crippen LogP contribution < -0.4 is 0 Å². The first-order valence-electron chi connectivity index (χ1n) is 19.1. The van der Waals surface area contributed by atoms with Crippen molar-refractivity contribution in [3.05, 3.63) is 0 Å². The predicted molar refractivity (Wildman–Crippen MR) is 189 cm³/mol. The second-order valence-electron chi connectivity index (χ2n) is 12.8. The number of unbranched alkanes of at least 4 members (excludes halogenated alkanes) is 22. The lowest BCUT2D eigenvalue weighted by molar-refractivity contribution is -0.143. The van der Waals surface area contributed by atoms with Crippen molar-refractivity contribution < 1.29 is 19.1 Å². The standard InChI is InChI=1S/C38H74O4S/c1-5-9-11-13-15-17-19-21-23-25-27-29-33-41-37(39)35(31-7-3)43-36(32-8-4)38(40)42-34-30-28-26-24-22-20-18-16-14-12-10-6-2/h35-36H,5-34H2,1-4H3. The van der Waals surface area contributed by atoms with Crippen molar-refractivity contribution in [2.24, 2.45) is 0 Å². The van der Waals surface area contributed by atoms with Gasteiger partial charge in [-0.05, 0) is 25.7 Å². The van der Waals surface area contributed by atoms with Gasteiger partial charge in [0.15, 0.2) is 0 Å². The van der Waals surface area contributed by atoms with Crippen LogP contribution in [0.3, 0.4) is 0 Å². The van der Waals surface area contributed by atoms with E-state index < -0.39 is 0 Å². The number of carbonyl (C=O) groups is 2. The van der Waals surface area contributed by atoms with Crippen LogP contribution in [0.1, 0.15) is 207 Å². The van der Waals surface area contributed by atoms with Crippen molar-refractivity contribution in [1.82, 2.24) is 0 Å². The highest BCUT2D eigenvalue weighted by molar-refractivity contribution is 8.01. The minimum atomic E-state index is -0.280. The molecule has 0 aliphatic rings. The summed E-state index contributed by atoms with van der Waals surface area (Å²) in [6, 6.07) is 0. The van der Waals surface area contributed by atoms with Crippen LogP contribution in [0.15, 0.2) is 0 Å². The predicted octanol–water partition coefficient (Wildman–Crippen LogP) is 12.5. The summed E-state index contributed by atoms with van der Waals surface area (Å²) in [5.41, 5.74) is 0. The quantitative estimate of drug-likeness (QED) is 0.0525. The third-order valence-corrected chi connectivity index (χ3v) is 9.95. The maximum absolute atomic E-state index is 12.9. The molecule has 0 aromatic heterocycles. The maximum atomic E-state index is 12.9. The van der Waals surface area contributed by atoms with Crippen molar-refractivity contribution >= 4 is 23.7 Å². The number of carbonyl (C=O) groups excluding carboxylic acids is 2. The molecule has 0 aromatic rings. The lowest BCUT2D eigenvalue weighted by Gasteiger charge is -2.21. The Balaban J connectivity index is 4.04. The first kappa shape index (κ1) is 42.3. The van der Waals surface area contributed by atoms with Gasteiger partial charge in [0, 0.05) is 0 Å². The Hall–Kier alpha value is -0.710. The van der Waals surface area contributed by atoms with Gasteiger partial charge in [0.05, 0.1) is 13.2 Å². The monoisotopic (exact) mass is 627 g/mol. The summed E-state index contributed by atoms with van der Waals surface area (Å²) in [5.74, 6) is -0.297. The molecule has 0 saturated carbocycles. The molecule has 0 N–H and O–H groups in total. The fourth-order valence-corrected chi connectivity index (χ4v) is 7.12. The summed E-state index contributed by atoms with van der Waals surface area (Å²) >= 11 is 1.48. The Bertz CT molecular complexity index is 546. The van der Waals surface area contributed by atoms with Crippen LogP contribution in [0.2, 0.25) is 0 Å². The van der Waals surface area contributed by atoms with Crippen LogP contribution in [-0.2, 0) is 19.1 Å². The van der Waals surface area contributed by atoms with Gasteiger partial charge in [-0.25, -0.2) is 0 Å². The Kier molecular flexibility index (Phi) is 33.6. The molecule has 2 atom stereocenters. The van der Waals surface area contributed by atoms with Crippen LogP contribution in [-0.4, -0.2) is 35.7 Å². The molecule has 256 valence electrons. The van der Waals surface area contributed by atoms with E-state index in [-0.39, 0.29) is 22.4 Å². The average molecular weight is 627 g/mol. The molecular formula is C38H74O4S. The molecule has 0 saturated heterocycles. The van der Waals surface area contributed by atoms with E-state index in [2.05, 4.69) is 27.7 Å². The third kappa shape index (κ3) is 28.5. The number of rotatable bonds is 34. The van der Waals surface area contributed by atoms with Gasteiger partial charge >= 0.3 is 11.9 Å². The minimum absolute atomic E-state index is 0.148. The summed E-state index contributed by atoms with van der Waals surface area (Å²) in [4.78, 5) is 25.8. The van der Waals surface area contributed by atoms with Crippen molar-refractivity contribution in [3.8, 4) is 0 Å². The van der Waals surface area contributed by atoms with Gasteiger partial charge < -0.3 is 9.47 Å². The van der Waals surface area contributed by atoms with Crippen LogP contribution in [0.5, 0.6) is 0 Å². The number of thioether (sulfide) groups is 1. The molecule has 0 rings (SSSR count). The van der Waals surface area contributed by atoms with E-state index in [1.165, 1.54) is 140 Å². The minimum Gasteiger partial charge on any atom is -0.465 e. The first-order valence-corrected chi connectivity index (χ1v) is 20.0. The summed E-state index contributed by atoms with van der Waals surface area (Å²) < 4.78 is 11.4. The van der Waals surface area contributed by atoms with E-state index in [4.69, 9.17) is 9.47 Å². The average Bonchev–Trinajstić information content (AvgIpc) is 3.00. The fraction of sp³-hybridized carbons (Fsp3) is 0.947. The Morgan fingerprint density at radius 3 is 0.907 bits per heavy atom. The lowest BCUT2D eigenvalue weighted by atomic mass is 10.1. The highest BCUT2D eigenvalue weighted by Crippen LogP contribution is 2.28. The van der Waals surface area contributed by atoms with Crippen molar-refractivity contribution in [2.45, 2.75) is 218 Å². The molecule has 0 fully saturated rings. The second-order valence-corrected chi connectivity index (χ2v) is 14.2. The highest BCUT2D eigenvalue weighted by Gasteiger charge is 2.29. The molecule has 0 amide bonds. The summed E-state index contributed by atoms with van der Waals surface area (Å²) in [7, 11) is 0. The Morgan fingerprint density at radius 1 is 0.395 bits per heavy atom. The molecular weight excluding hydrogens is 552 g/mol.